The second kappa shape index (κ2) is 8.91. The van der Waals surface area contributed by atoms with Crippen LogP contribution in [0.3, 0.4) is 0 Å². The van der Waals surface area contributed by atoms with E-state index in [9.17, 15) is 9.90 Å². The van der Waals surface area contributed by atoms with Gasteiger partial charge in [-0.25, -0.2) is 0 Å². The van der Waals surface area contributed by atoms with Crippen LogP contribution in [0.2, 0.25) is 0 Å². The lowest BCUT2D eigenvalue weighted by atomic mass is 9.72. The maximum atomic E-state index is 13.7. The average Bonchev–Trinajstić information content (AvgIpc) is 2.75. The van der Waals surface area contributed by atoms with E-state index >= 15 is 0 Å². The van der Waals surface area contributed by atoms with Gasteiger partial charge in [-0.05, 0) is 68.2 Å². The quantitative estimate of drug-likeness (QED) is 0.822. The Balaban J connectivity index is 1.67. The van der Waals surface area contributed by atoms with Crippen LogP contribution in [0, 0.1) is 19.3 Å². The molecule has 0 atom stereocenters. The number of hydrogen-bond donors (Lipinski definition) is 1. The summed E-state index contributed by atoms with van der Waals surface area (Å²) in [5.41, 5.74) is 5.80. The van der Waals surface area contributed by atoms with E-state index in [0.29, 0.717) is 39.1 Å². The van der Waals surface area contributed by atoms with Crippen molar-refractivity contribution in [2.24, 2.45) is 5.41 Å². The molecule has 4 heteroatoms. The van der Waals surface area contributed by atoms with Gasteiger partial charge in [-0.1, -0.05) is 48.0 Å². The van der Waals surface area contributed by atoms with Gasteiger partial charge >= 0.3 is 0 Å². The van der Waals surface area contributed by atoms with Gasteiger partial charge in [0.25, 0.3) is 0 Å². The van der Waals surface area contributed by atoms with E-state index in [1.807, 2.05) is 4.90 Å². The summed E-state index contributed by atoms with van der Waals surface area (Å²) in [5.74, 6) is 0.244. The van der Waals surface area contributed by atoms with E-state index in [1.165, 1.54) is 27.8 Å². The molecule has 160 valence electrons. The normalized spacial score (nSPS) is 19.6. The fourth-order valence-electron chi connectivity index (χ4n) is 5.05. The Bertz CT molecular complexity index is 893. The second-order valence-electron chi connectivity index (χ2n) is 9.07. The molecular weight excluding hydrogens is 374 g/mol. The molecular formula is C26H33NO3. The molecule has 0 spiro atoms. The molecule has 1 amide bonds. The first-order chi connectivity index (χ1) is 14.5. The molecule has 4 rings (SSSR count). The Kier molecular flexibility index (Phi) is 6.26. The van der Waals surface area contributed by atoms with Crippen molar-refractivity contribution in [2.45, 2.75) is 52.1 Å². The predicted octanol–water partition coefficient (Wildman–Crippen LogP) is 4.29. The number of nitrogens with zero attached hydrogens (tertiary/aromatic N) is 1. The highest BCUT2D eigenvalue weighted by atomic mass is 16.5. The Morgan fingerprint density at radius 2 is 1.77 bits per heavy atom. The van der Waals surface area contributed by atoms with E-state index in [-0.39, 0.29) is 12.0 Å². The topological polar surface area (TPSA) is 49.8 Å². The van der Waals surface area contributed by atoms with Gasteiger partial charge in [0.15, 0.2) is 0 Å². The number of piperidine rings is 1. The van der Waals surface area contributed by atoms with Gasteiger partial charge in [0.1, 0.15) is 0 Å². The predicted molar refractivity (Wildman–Crippen MR) is 119 cm³/mol. The van der Waals surface area contributed by atoms with E-state index in [0.717, 1.165) is 19.3 Å². The van der Waals surface area contributed by atoms with Gasteiger partial charge in [0.2, 0.25) is 5.91 Å². The van der Waals surface area contributed by atoms with Crippen molar-refractivity contribution in [1.82, 2.24) is 4.90 Å². The van der Waals surface area contributed by atoms with Crippen LogP contribution in [0.15, 0.2) is 42.5 Å². The van der Waals surface area contributed by atoms with E-state index in [4.69, 9.17) is 4.74 Å². The van der Waals surface area contributed by atoms with Crippen molar-refractivity contribution < 1.29 is 14.6 Å². The SMILES string of the molecule is Cc1ccc(-c2ccccc2CC2(C(=O)N3CCC(O)CC3)CCOCC2)c(C)c1. The highest BCUT2D eigenvalue weighted by Gasteiger charge is 2.43. The second-order valence-corrected chi connectivity index (χ2v) is 9.07. The molecule has 0 aliphatic carbocycles. The maximum Gasteiger partial charge on any atom is 0.229 e. The monoisotopic (exact) mass is 407 g/mol. The summed E-state index contributed by atoms with van der Waals surface area (Å²) in [5, 5.41) is 9.87. The Hall–Kier alpha value is -2.17. The summed E-state index contributed by atoms with van der Waals surface area (Å²) >= 11 is 0. The number of benzene rings is 2. The molecule has 2 fully saturated rings. The largest absolute Gasteiger partial charge is 0.393 e. The summed E-state index contributed by atoms with van der Waals surface area (Å²) in [4.78, 5) is 15.7. The van der Waals surface area contributed by atoms with Gasteiger partial charge in [-0.3, -0.25) is 4.79 Å². The first-order valence-electron chi connectivity index (χ1n) is 11.2. The zero-order valence-corrected chi connectivity index (χ0v) is 18.2. The number of hydrogen-bond acceptors (Lipinski definition) is 3. The van der Waals surface area contributed by atoms with Crippen LogP contribution in [-0.2, 0) is 16.0 Å². The lowest BCUT2D eigenvalue weighted by Crippen LogP contribution is -2.51. The fourth-order valence-corrected chi connectivity index (χ4v) is 5.05. The molecule has 2 saturated heterocycles. The number of likely N-dealkylation sites (tertiary alicyclic amines) is 1. The summed E-state index contributed by atoms with van der Waals surface area (Å²) in [6, 6.07) is 15.1. The van der Waals surface area contributed by atoms with Crippen LogP contribution in [0.1, 0.15) is 42.4 Å². The van der Waals surface area contributed by atoms with Crippen molar-refractivity contribution in [2.75, 3.05) is 26.3 Å². The van der Waals surface area contributed by atoms with Crippen LogP contribution in [-0.4, -0.2) is 48.3 Å². The highest BCUT2D eigenvalue weighted by Crippen LogP contribution is 2.40. The number of aliphatic hydroxyl groups is 1. The molecule has 2 aliphatic heterocycles. The number of amides is 1. The number of ether oxygens (including phenoxy) is 1. The van der Waals surface area contributed by atoms with E-state index in [1.54, 1.807) is 0 Å². The van der Waals surface area contributed by atoms with E-state index < -0.39 is 5.41 Å². The maximum absolute atomic E-state index is 13.7. The molecule has 0 bridgehead atoms. The molecule has 0 radical (unpaired) electrons. The van der Waals surface area contributed by atoms with Gasteiger partial charge in [-0.2, -0.15) is 0 Å². The smallest absolute Gasteiger partial charge is 0.229 e. The summed E-state index contributed by atoms with van der Waals surface area (Å²) in [7, 11) is 0. The lowest BCUT2D eigenvalue weighted by Gasteiger charge is -2.42. The number of aliphatic hydroxyl groups excluding tert-OH is 1. The summed E-state index contributed by atoms with van der Waals surface area (Å²) < 4.78 is 5.65. The van der Waals surface area contributed by atoms with Crippen molar-refractivity contribution in [3.63, 3.8) is 0 Å². The molecule has 0 saturated carbocycles. The first-order valence-corrected chi connectivity index (χ1v) is 11.2. The third-order valence-electron chi connectivity index (χ3n) is 6.87. The van der Waals surface area contributed by atoms with Crippen molar-refractivity contribution in [1.29, 1.82) is 0 Å². The zero-order chi connectivity index (χ0) is 21.1. The minimum absolute atomic E-state index is 0.244. The van der Waals surface area contributed by atoms with Crippen LogP contribution in [0.5, 0.6) is 0 Å². The Labute approximate surface area is 179 Å². The molecule has 0 unspecified atom stereocenters. The number of aryl methyl sites for hydroxylation is 2. The Morgan fingerprint density at radius 1 is 1.07 bits per heavy atom. The van der Waals surface area contributed by atoms with Gasteiger partial charge in [0, 0.05) is 26.3 Å². The number of rotatable bonds is 4. The molecule has 2 aliphatic rings. The number of carbonyl (C=O) groups excluding carboxylic acids is 1. The minimum Gasteiger partial charge on any atom is -0.393 e. The molecule has 1 N–H and O–H groups in total. The van der Waals surface area contributed by atoms with Crippen molar-refractivity contribution >= 4 is 5.91 Å². The summed E-state index contributed by atoms with van der Waals surface area (Å²) in [6.45, 7) is 6.85. The molecule has 30 heavy (non-hydrogen) atoms. The van der Waals surface area contributed by atoms with Crippen LogP contribution in [0.25, 0.3) is 11.1 Å². The lowest BCUT2D eigenvalue weighted by molar-refractivity contribution is -0.150. The van der Waals surface area contributed by atoms with Crippen molar-refractivity contribution in [3.05, 3.63) is 59.2 Å². The third-order valence-corrected chi connectivity index (χ3v) is 6.87. The molecule has 4 nitrogen and oxygen atoms in total. The van der Waals surface area contributed by atoms with Gasteiger partial charge < -0.3 is 14.7 Å². The average molecular weight is 408 g/mol. The van der Waals surface area contributed by atoms with E-state index in [2.05, 4.69) is 56.3 Å². The van der Waals surface area contributed by atoms with Crippen LogP contribution in [0.4, 0.5) is 0 Å². The Morgan fingerprint density at radius 3 is 2.47 bits per heavy atom. The highest BCUT2D eigenvalue weighted by molar-refractivity contribution is 5.84. The number of carbonyl (C=O) groups is 1. The standard InChI is InChI=1S/C26H33NO3/c1-19-7-8-23(20(2)17-19)24-6-4-3-5-21(24)18-26(11-15-30-16-12-26)25(29)27-13-9-22(28)10-14-27/h3-8,17,22,28H,9-16,18H2,1-2H3. The zero-order valence-electron chi connectivity index (χ0n) is 18.2. The fraction of sp³-hybridized carbons (Fsp3) is 0.500. The van der Waals surface area contributed by atoms with Crippen LogP contribution < -0.4 is 0 Å². The van der Waals surface area contributed by atoms with Gasteiger partial charge in [-0.15, -0.1) is 0 Å². The first kappa shape index (κ1) is 21.1. The third kappa shape index (κ3) is 4.30. The molecule has 2 aromatic carbocycles. The summed E-state index contributed by atoms with van der Waals surface area (Å²) in [6.07, 6.45) is 3.33. The van der Waals surface area contributed by atoms with Crippen LogP contribution >= 0.6 is 0 Å². The minimum atomic E-state index is -0.421. The van der Waals surface area contributed by atoms with Crippen molar-refractivity contribution in [3.8, 4) is 11.1 Å². The molecule has 2 aromatic rings. The van der Waals surface area contributed by atoms with Gasteiger partial charge in [0.05, 0.1) is 11.5 Å². The molecule has 2 heterocycles. The molecule has 0 aromatic heterocycles.